The van der Waals surface area contributed by atoms with Crippen molar-refractivity contribution in [1.29, 1.82) is 0 Å². The molecule has 1 heterocycles. The lowest BCUT2D eigenvalue weighted by molar-refractivity contribution is -0.146. The van der Waals surface area contributed by atoms with Gasteiger partial charge in [-0.2, -0.15) is 0 Å². The summed E-state index contributed by atoms with van der Waals surface area (Å²) in [4.78, 5) is 13.5. The predicted octanol–water partition coefficient (Wildman–Crippen LogP) is 3.59. The lowest BCUT2D eigenvalue weighted by Crippen LogP contribution is -2.45. The largest absolute Gasteiger partial charge is 0.480 e. The number of carbonyl (C=O) groups is 1. The molecule has 0 radical (unpaired) electrons. The predicted molar refractivity (Wildman–Crippen MR) is 92.9 cm³/mol. The van der Waals surface area contributed by atoms with Crippen LogP contribution in [0, 0.1) is 5.82 Å². The van der Waals surface area contributed by atoms with Gasteiger partial charge >= 0.3 is 5.97 Å². The van der Waals surface area contributed by atoms with Gasteiger partial charge in [-0.25, -0.2) is 4.39 Å². The minimum atomic E-state index is -0.993. The van der Waals surface area contributed by atoms with E-state index in [-0.39, 0.29) is 0 Å². The zero-order valence-electron chi connectivity index (χ0n) is 13.5. The molecule has 6 heteroatoms. The van der Waals surface area contributed by atoms with Crippen LogP contribution >= 0.6 is 11.6 Å². The van der Waals surface area contributed by atoms with Crippen molar-refractivity contribution in [3.63, 3.8) is 0 Å². The van der Waals surface area contributed by atoms with Crippen molar-refractivity contribution >= 4 is 17.6 Å². The first-order chi connectivity index (χ1) is 11.9. The molecule has 132 valence electrons. The molecule has 0 saturated carbocycles. The lowest BCUT2D eigenvalue weighted by Gasteiger charge is -2.40. The molecule has 0 amide bonds. The van der Waals surface area contributed by atoms with Crippen molar-refractivity contribution in [3.05, 3.63) is 70.5 Å². The molecule has 1 aliphatic rings. The highest BCUT2D eigenvalue weighted by Crippen LogP contribution is 2.36. The highest BCUT2D eigenvalue weighted by Gasteiger charge is 2.38. The van der Waals surface area contributed by atoms with E-state index in [1.165, 1.54) is 24.3 Å². The molecular formula is C19H19ClFNO3. The van der Waals surface area contributed by atoms with E-state index in [1.807, 2.05) is 0 Å². The Kier molecular flexibility index (Phi) is 5.08. The number of benzene rings is 2. The third-order valence-corrected chi connectivity index (χ3v) is 5.04. The Bertz CT molecular complexity index is 740. The molecule has 2 aromatic carbocycles. The summed E-state index contributed by atoms with van der Waals surface area (Å²) in [5.41, 5.74) is 0.323. The van der Waals surface area contributed by atoms with Crippen LogP contribution in [0.5, 0.6) is 0 Å². The fourth-order valence-corrected chi connectivity index (χ4v) is 3.48. The summed E-state index contributed by atoms with van der Waals surface area (Å²) in [6.07, 6.45) is 0.833. The molecule has 2 aromatic rings. The number of carboxylic acids is 1. The molecule has 1 aliphatic heterocycles. The molecule has 1 unspecified atom stereocenters. The minimum absolute atomic E-state index is 0.399. The molecule has 25 heavy (non-hydrogen) atoms. The fraction of sp³-hybridized carbons (Fsp3) is 0.316. The average molecular weight is 364 g/mol. The summed E-state index contributed by atoms with van der Waals surface area (Å²) >= 11 is 5.89. The summed E-state index contributed by atoms with van der Waals surface area (Å²) in [5, 5.41) is 21.1. The van der Waals surface area contributed by atoms with Gasteiger partial charge in [-0.15, -0.1) is 0 Å². The van der Waals surface area contributed by atoms with Crippen molar-refractivity contribution in [3.8, 4) is 0 Å². The van der Waals surface area contributed by atoms with E-state index < -0.39 is 23.4 Å². The van der Waals surface area contributed by atoms with Crippen LogP contribution in [0.25, 0.3) is 0 Å². The van der Waals surface area contributed by atoms with Crippen LogP contribution in [0.3, 0.4) is 0 Å². The van der Waals surface area contributed by atoms with Gasteiger partial charge in [-0.1, -0.05) is 35.9 Å². The van der Waals surface area contributed by atoms with Crippen LogP contribution in [0.4, 0.5) is 4.39 Å². The smallest absolute Gasteiger partial charge is 0.325 e. The molecule has 0 spiro atoms. The molecule has 0 aromatic heterocycles. The number of rotatable bonds is 4. The van der Waals surface area contributed by atoms with Crippen molar-refractivity contribution in [2.75, 3.05) is 13.1 Å². The van der Waals surface area contributed by atoms with Crippen molar-refractivity contribution < 1.29 is 19.4 Å². The Morgan fingerprint density at radius 1 is 1.08 bits per heavy atom. The second-order valence-electron chi connectivity index (χ2n) is 6.37. The van der Waals surface area contributed by atoms with Crippen LogP contribution in [-0.4, -0.2) is 34.2 Å². The SMILES string of the molecule is O=C(O)C(c1ccc(F)cc1)N1CCC(O)(c2ccc(Cl)cc2)CC1. The minimum Gasteiger partial charge on any atom is -0.480 e. The number of aliphatic carboxylic acids is 1. The molecule has 3 rings (SSSR count). The van der Waals surface area contributed by atoms with Crippen LogP contribution in [0.15, 0.2) is 48.5 Å². The number of carboxylic acid groups (broad SMARTS) is 1. The quantitative estimate of drug-likeness (QED) is 0.871. The molecule has 1 fully saturated rings. The van der Waals surface area contributed by atoms with E-state index in [1.54, 1.807) is 29.2 Å². The first-order valence-electron chi connectivity index (χ1n) is 8.10. The Morgan fingerprint density at radius 2 is 1.64 bits per heavy atom. The lowest BCUT2D eigenvalue weighted by atomic mass is 9.83. The standard InChI is InChI=1S/C19H19ClFNO3/c20-15-5-3-14(4-6-15)19(25)9-11-22(12-10-19)17(18(23)24)13-1-7-16(21)8-2-13/h1-8,17,25H,9-12H2,(H,23,24). The number of likely N-dealkylation sites (tertiary alicyclic amines) is 1. The second-order valence-corrected chi connectivity index (χ2v) is 6.80. The first kappa shape index (κ1) is 17.9. The summed E-state index contributed by atoms with van der Waals surface area (Å²) in [7, 11) is 0. The van der Waals surface area contributed by atoms with Gasteiger partial charge in [-0.05, 0) is 48.2 Å². The maximum atomic E-state index is 13.1. The van der Waals surface area contributed by atoms with Crippen molar-refractivity contribution in [2.24, 2.45) is 0 Å². The number of aliphatic hydroxyl groups is 1. The van der Waals surface area contributed by atoms with Crippen molar-refractivity contribution in [1.82, 2.24) is 4.90 Å². The Morgan fingerprint density at radius 3 is 2.16 bits per heavy atom. The van der Waals surface area contributed by atoms with E-state index >= 15 is 0 Å². The first-order valence-corrected chi connectivity index (χ1v) is 8.48. The van der Waals surface area contributed by atoms with Gasteiger partial charge in [0, 0.05) is 18.1 Å². The molecule has 4 nitrogen and oxygen atoms in total. The maximum Gasteiger partial charge on any atom is 0.325 e. The normalized spacial score (nSPS) is 18.7. The Labute approximate surface area is 150 Å². The Hall–Kier alpha value is -1.95. The number of halogens is 2. The van der Waals surface area contributed by atoms with Gasteiger partial charge in [0.05, 0.1) is 5.60 Å². The van der Waals surface area contributed by atoms with E-state index in [0.717, 1.165) is 5.56 Å². The van der Waals surface area contributed by atoms with Gasteiger partial charge in [0.25, 0.3) is 0 Å². The molecule has 1 atom stereocenters. The van der Waals surface area contributed by atoms with Crippen molar-refractivity contribution in [2.45, 2.75) is 24.5 Å². The van der Waals surface area contributed by atoms with Gasteiger partial charge in [-0.3, -0.25) is 9.69 Å². The number of hydrogen-bond donors (Lipinski definition) is 2. The molecule has 2 N–H and O–H groups in total. The van der Waals surface area contributed by atoms with Crippen LogP contribution in [-0.2, 0) is 10.4 Å². The second kappa shape index (κ2) is 7.12. The summed E-state index contributed by atoms with van der Waals surface area (Å²) in [6.45, 7) is 0.848. The van der Waals surface area contributed by atoms with E-state index in [2.05, 4.69) is 0 Å². The van der Waals surface area contributed by atoms with Gasteiger partial charge in [0.1, 0.15) is 11.9 Å². The van der Waals surface area contributed by atoms with Crippen LogP contribution in [0.2, 0.25) is 5.02 Å². The van der Waals surface area contributed by atoms with Gasteiger partial charge in [0.2, 0.25) is 0 Å². The van der Waals surface area contributed by atoms with E-state index in [9.17, 15) is 19.4 Å². The maximum absolute atomic E-state index is 13.1. The summed E-state index contributed by atoms with van der Waals surface area (Å²) in [6, 6.07) is 11.7. The zero-order valence-corrected chi connectivity index (χ0v) is 14.3. The molecule has 1 saturated heterocycles. The van der Waals surface area contributed by atoms with Crippen LogP contribution in [0.1, 0.15) is 30.0 Å². The topological polar surface area (TPSA) is 60.8 Å². The molecule has 0 aliphatic carbocycles. The number of piperidine rings is 1. The van der Waals surface area contributed by atoms with Crippen LogP contribution < -0.4 is 0 Å². The zero-order chi connectivity index (χ0) is 18.0. The van der Waals surface area contributed by atoms with Gasteiger partial charge in [0.15, 0.2) is 0 Å². The highest BCUT2D eigenvalue weighted by molar-refractivity contribution is 6.30. The molecule has 0 bridgehead atoms. The monoisotopic (exact) mass is 363 g/mol. The number of nitrogens with zero attached hydrogens (tertiary/aromatic N) is 1. The van der Waals surface area contributed by atoms with Gasteiger partial charge < -0.3 is 10.2 Å². The summed E-state index contributed by atoms with van der Waals surface area (Å²) < 4.78 is 13.1. The molecular weight excluding hydrogens is 345 g/mol. The van der Waals surface area contributed by atoms with E-state index in [0.29, 0.717) is 36.5 Å². The fourth-order valence-electron chi connectivity index (χ4n) is 3.36. The average Bonchev–Trinajstić information content (AvgIpc) is 2.59. The summed E-state index contributed by atoms with van der Waals surface area (Å²) in [5.74, 6) is -1.38. The third kappa shape index (κ3) is 3.84. The van der Waals surface area contributed by atoms with E-state index in [4.69, 9.17) is 11.6 Å². The third-order valence-electron chi connectivity index (χ3n) is 4.79. The number of hydrogen-bond acceptors (Lipinski definition) is 3. The highest BCUT2D eigenvalue weighted by atomic mass is 35.5. The Balaban J connectivity index is 1.76.